The van der Waals surface area contributed by atoms with E-state index in [1.165, 1.54) is 10.6 Å². The van der Waals surface area contributed by atoms with Crippen LogP contribution in [0.5, 0.6) is 5.75 Å². The van der Waals surface area contributed by atoms with Gasteiger partial charge in [0.25, 0.3) is 11.5 Å². The zero-order valence-electron chi connectivity index (χ0n) is 14.9. The maximum atomic E-state index is 14.0. The van der Waals surface area contributed by atoms with Crippen LogP contribution in [0.3, 0.4) is 0 Å². The minimum Gasteiger partial charge on any atom is -0.506 e. The van der Waals surface area contributed by atoms with E-state index in [2.05, 4.69) is 10.3 Å². The number of carbonyl (C=O) groups excluding carboxylic acids is 1. The first-order chi connectivity index (χ1) is 12.9. The molecular formula is C20H18FN3O3. The van der Waals surface area contributed by atoms with Crippen molar-refractivity contribution in [2.45, 2.75) is 32.7 Å². The number of benzene rings is 1. The van der Waals surface area contributed by atoms with Crippen LogP contribution in [0.25, 0.3) is 10.9 Å². The molecule has 4 rings (SSSR count). The van der Waals surface area contributed by atoms with E-state index in [1.54, 1.807) is 18.3 Å². The van der Waals surface area contributed by atoms with Crippen molar-refractivity contribution >= 4 is 22.6 Å². The summed E-state index contributed by atoms with van der Waals surface area (Å²) in [5, 5.41) is 13.3. The number of hydrogen-bond donors (Lipinski definition) is 2. The number of pyridine rings is 2. The summed E-state index contributed by atoms with van der Waals surface area (Å²) in [5.74, 6) is -1.54. The topological polar surface area (TPSA) is 84.2 Å². The number of nitrogens with one attached hydrogen (secondary N) is 1. The molecule has 2 aromatic heterocycles. The van der Waals surface area contributed by atoms with Crippen molar-refractivity contribution in [2.24, 2.45) is 0 Å². The van der Waals surface area contributed by atoms with Crippen molar-refractivity contribution in [1.29, 1.82) is 0 Å². The van der Waals surface area contributed by atoms with Crippen LogP contribution in [0.15, 0.2) is 35.3 Å². The smallest absolute Gasteiger partial charge is 0.267 e. The average Bonchev–Trinajstić information content (AvgIpc) is 2.62. The summed E-state index contributed by atoms with van der Waals surface area (Å²) in [6, 6.07) is 5.74. The van der Waals surface area contributed by atoms with Gasteiger partial charge in [-0.1, -0.05) is 6.07 Å². The van der Waals surface area contributed by atoms with E-state index in [4.69, 9.17) is 0 Å². The lowest BCUT2D eigenvalue weighted by Gasteiger charge is -2.26. The quantitative estimate of drug-likeness (QED) is 0.728. The summed E-state index contributed by atoms with van der Waals surface area (Å²) < 4.78 is 15.5. The van der Waals surface area contributed by atoms with Crippen LogP contribution in [0.2, 0.25) is 0 Å². The van der Waals surface area contributed by atoms with Gasteiger partial charge in [-0.3, -0.25) is 9.59 Å². The second kappa shape index (κ2) is 6.19. The molecule has 0 saturated carbocycles. The molecule has 0 radical (unpaired) electrons. The lowest BCUT2D eigenvalue weighted by Crippen LogP contribution is -2.33. The summed E-state index contributed by atoms with van der Waals surface area (Å²) >= 11 is 0. The third-order valence-electron chi connectivity index (χ3n) is 4.97. The number of hydrogen-bond acceptors (Lipinski definition) is 4. The average molecular weight is 367 g/mol. The number of halogens is 1. The molecule has 1 amide bonds. The Labute approximate surface area is 154 Å². The number of amides is 1. The van der Waals surface area contributed by atoms with Crippen LogP contribution >= 0.6 is 0 Å². The molecule has 3 heterocycles. The van der Waals surface area contributed by atoms with Crippen molar-refractivity contribution < 1.29 is 14.3 Å². The maximum absolute atomic E-state index is 14.0. The monoisotopic (exact) mass is 367 g/mol. The van der Waals surface area contributed by atoms with E-state index in [-0.39, 0.29) is 17.2 Å². The molecule has 0 fully saturated rings. The maximum Gasteiger partial charge on any atom is 0.267 e. The van der Waals surface area contributed by atoms with Crippen LogP contribution in [0.4, 0.5) is 10.2 Å². The number of aromatic hydroxyl groups is 1. The molecule has 0 saturated heterocycles. The molecular weight excluding hydrogens is 349 g/mol. The summed E-state index contributed by atoms with van der Waals surface area (Å²) in [6.07, 6.45) is 2.83. The van der Waals surface area contributed by atoms with Gasteiger partial charge in [0, 0.05) is 17.6 Å². The Hall–Kier alpha value is -3.22. The Balaban J connectivity index is 1.92. The summed E-state index contributed by atoms with van der Waals surface area (Å²) in [7, 11) is 0. The molecule has 0 bridgehead atoms. The van der Waals surface area contributed by atoms with E-state index >= 15 is 0 Å². The second-order valence-electron chi connectivity index (χ2n) is 6.92. The molecule has 1 aliphatic heterocycles. The Bertz CT molecular complexity index is 1140. The van der Waals surface area contributed by atoms with Crippen molar-refractivity contribution in [3.05, 3.63) is 63.3 Å². The van der Waals surface area contributed by atoms with Crippen molar-refractivity contribution in [1.82, 2.24) is 9.55 Å². The summed E-state index contributed by atoms with van der Waals surface area (Å²) in [6.45, 7) is 3.73. The third-order valence-corrected chi connectivity index (χ3v) is 4.97. The molecule has 138 valence electrons. The van der Waals surface area contributed by atoms with Gasteiger partial charge in [-0.2, -0.15) is 0 Å². The highest BCUT2D eigenvalue weighted by molar-refractivity contribution is 6.09. The first-order valence-corrected chi connectivity index (χ1v) is 8.70. The fourth-order valence-corrected chi connectivity index (χ4v) is 3.61. The normalized spacial score (nSPS) is 15.7. The zero-order valence-corrected chi connectivity index (χ0v) is 14.9. The van der Waals surface area contributed by atoms with E-state index < -0.39 is 28.6 Å². The highest BCUT2D eigenvalue weighted by atomic mass is 19.1. The van der Waals surface area contributed by atoms with Crippen LogP contribution < -0.4 is 10.9 Å². The molecule has 3 aromatic rings. The van der Waals surface area contributed by atoms with E-state index in [0.29, 0.717) is 23.9 Å². The SMILES string of the molecule is Cc1ccc(NC(=O)c2c(O)c3cc(F)cc4c3n(c2=O)C(C)CC4)nc1. The highest BCUT2D eigenvalue weighted by Crippen LogP contribution is 2.35. The van der Waals surface area contributed by atoms with Gasteiger partial charge in [-0.15, -0.1) is 0 Å². The Kier molecular flexibility index (Phi) is 3.95. The number of rotatable bonds is 2. The predicted octanol–water partition coefficient (Wildman–Crippen LogP) is 3.31. The van der Waals surface area contributed by atoms with E-state index in [9.17, 15) is 19.1 Å². The molecule has 6 nitrogen and oxygen atoms in total. The lowest BCUT2D eigenvalue weighted by atomic mass is 9.95. The molecule has 0 spiro atoms. The molecule has 2 N–H and O–H groups in total. The van der Waals surface area contributed by atoms with Gasteiger partial charge in [-0.25, -0.2) is 9.37 Å². The first-order valence-electron chi connectivity index (χ1n) is 8.70. The Morgan fingerprint density at radius 3 is 2.85 bits per heavy atom. The van der Waals surface area contributed by atoms with Gasteiger partial charge < -0.3 is 15.0 Å². The third kappa shape index (κ3) is 2.75. The van der Waals surface area contributed by atoms with Gasteiger partial charge in [0.05, 0.1) is 5.52 Å². The number of aromatic nitrogens is 2. The van der Waals surface area contributed by atoms with Gasteiger partial charge in [0.1, 0.15) is 22.9 Å². The molecule has 1 aliphatic rings. The zero-order chi connectivity index (χ0) is 19.3. The van der Waals surface area contributed by atoms with Crippen LogP contribution in [-0.2, 0) is 6.42 Å². The van der Waals surface area contributed by atoms with Crippen LogP contribution in [0.1, 0.15) is 40.9 Å². The molecule has 27 heavy (non-hydrogen) atoms. The first kappa shape index (κ1) is 17.2. The van der Waals surface area contributed by atoms with Gasteiger partial charge in [0.2, 0.25) is 0 Å². The lowest BCUT2D eigenvalue weighted by molar-refractivity contribution is 0.102. The van der Waals surface area contributed by atoms with E-state index in [1.807, 2.05) is 13.8 Å². The largest absolute Gasteiger partial charge is 0.506 e. The number of anilines is 1. The fraction of sp³-hybridized carbons (Fsp3) is 0.250. The van der Waals surface area contributed by atoms with Crippen molar-refractivity contribution in [3.8, 4) is 5.75 Å². The predicted molar refractivity (Wildman–Crippen MR) is 99.8 cm³/mol. The molecule has 0 aliphatic carbocycles. The van der Waals surface area contributed by atoms with Crippen LogP contribution in [0, 0.1) is 12.7 Å². The summed E-state index contributed by atoms with van der Waals surface area (Å²) in [5.41, 5.74) is 1.06. The highest BCUT2D eigenvalue weighted by Gasteiger charge is 2.28. The number of carbonyl (C=O) groups is 1. The summed E-state index contributed by atoms with van der Waals surface area (Å²) in [4.78, 5) is 29.8. The van der Waals surface area contributed by atoms with Crippen LogP contribution in [-0.4, -0.2) is 20.6 Å². The molecule has 1 aromatic carbocycles. The Morgan fingerprint density at radius 1 is 1.37 bits per heavy atom. The standard InChI is InChI=1S/C20H18FN3O3/c1-10-3-6-15(22-9-10)23-19(26)16-18(25)14-8-13(21)7-12-5-4-11(2)24(17(12)14)20(16)27/h3,6-9,11,25H,4-5H2,1-2H3,(H,22,23,26). The van der Waals surface area contributed by atoms with Gasteiger partial charge in [-0.05, 0) is 56.0 Å². The number of nitrogens with zero attached hydrogens (tertiary/aromatic N) is 2. The molecule has 7 heteroatoms. The minimum atomic E-state index is -0.775. The molecule has 1 atom stereocenters. The van der Waals surface area contributed by atoms with Crippen molar-refractivity contribution in [3.63, 3.8) is 0 Å². The van der Waals surface area contributed by atoms with Crippen molar-refractivity contribution in [2.75, 3.05) is 5.32 Å². The second-order valence-corrected chi connectivity index (χ2v) is 6.92. The van der Waals surface area contributed by atoms with E-state index in [0.717, 1.165) is 11.6 Å². The molecule has 1 unspecified atom stereocenters. The van der Waals surface area contributed by atoms with Gasteiger partial charge >= 0.3 is 0 Å². The Morgan fingerprint density at radius 2 is 2.15 bits per heavy atom. The number of aryl methyl sites for hydroxylation is 2. The van der Waals surface area contributed by atoms with Gasteiger partial charge in [0.15, 0.2) is 0 Å². The fourth-order valence-electron chi connectivity index (χ4n) is 3.61. The minimum absolute atomic E-state index is 0.164.